The molecule has 0 saturated carbocycles. The van der Waals surface area contributed by atoms with Crippen LogP contribution in [0, 0.1) is 0 Å². The highest BCUT2D eigenvalue weighted by molar-refractivity contribution is 5.97. The number of esters is 1. The minimum absolute atomic E-state index is 0.0128. The summed E-state index contributed by atoms with van der Waals surface area (Å²) in [6.45, 7) is 3.40. The van der Waals surface area contributed by atoms with Crippen molar-refractivity contribution in [3.8, 4) is 5.75 Å². The summed E-state index contributed by atoms with van der Waals surface area (Å²) in [5, 5.41) is 3.12. The summed E-state index contributed by atoms with van der Waals surface area (Å²) >= 11 is 0. The van der Waals surface area contributed by atoms with E-state index in [1.807, 2.05) is 60.7 Å². The smallest absolute Gasteiger partial charge is 0.339 e. The van der Waals surface area contributed by atoms with Gasteiger partial charge in [-0.1, -0.05) is 42.5 Å². The van der Waals surface area contributed by atoms with Crippen molar-refractivity contribution in [3.05, 3.63) is 101 Å². The first-order chi connectivity index (χ1) is 17.6. The highest BCUT2D eigenvalue weighted by Crippen LogP contribution is 2.31. The van der Waals surface area contributed by atoms with Crippen LogP contribution in [0.5, 0.6) is 5.75 Å². The van der Waals surface area contributed by atoms with Crippen LogP contribution in [0.25, 0.3) is 0 Å². The number of methoxy groups -OCH3 is 1. The Kier molecular flexibility index (Phi) is 7.30. The second-order valence-corrected chi connectivity index (χ2v) is 9.03. The van der Waals surface area contributed by atoms with Crippen molar-refractivity contribution in [2.75, 3.05) is 40.0 Å². The molecule has 3 aromatic rings. The van der Waals surface area contributed by atoms with Crippen LogP contribution in [0.2, 0.25) is 0 Å². The summed E-state index contributed by atoms with van der Waals surface area (Å²) in [4.78, 5) is 28.1. The molecule has 1 N–H and O–H groups in total. The van der Waals surface area contributed by atoms with E-state index in [-0.39, 0.29) is 24.0 Å². The lowest BCUT2D eigenvalue weighted by Gasteiger charge is -2.35. The lowest BCUT2D eigenvalue weighted by Crippen LogP contribution is -2.43. The van der Waals surface area contributed by atoms with E-state index in [0.29, 0.717) is 37.3 Å². The number of carbonyl (C=O) groups is 2. The van der Waals surface area contributed by atoms with E-state index in [1.165, 1.54) is 0 Å². The van der Waals surface area contributed by atoms with Crippen LogP contribution in [0.4, 0.5) is 0 Å². The molecule has 1 amide bonds. The summed E-state index contributed by atoms with van der Waals surface area (Å²) in [6, 6.07) is 22.9. The Morgan fingerprint density at radius 2 is 1.81 bits per heavy atom. The molecule has 7 heteroatoms. The van der Waals surface area contributed by atoms with Crippen LogP contribution in [0.1, 0.15) is 49.6 Å². The minimum Gasteiger partial charge on any atom is -0.497 e. The Bertz CT molecular complexity index is 1210. The predicted octanol–water partition coefficient (Wildman–Crippen LogP) is 3.95. The van der Waals surface area contributed by atoms with Gasteiger partial charge in [0.2, 0.25) is 0 Å². The summed E-state index contributed by atoms with van der Waals surface area (Å²) in [5.74, 6) is 0.272. The molecule has 186 valence electrons. The molecule has 0 aromatic heterocycles. The fourth-order valence-corrected chi connectivity index (χ4v) is 4.86. The lowest BCUT2D eigenvalue weighted by atomic mass is 9.93. The van der Waals surface area contributed by atoms with Crippen LogP contribution < -0.4 is 10.1 Å². The SMILES string of the molecule is COc1ccc([C@@H](CNC(=O)c2ccc3c(c2)C[C@@H](c2ccccc2)OC3=O)N2CCOCC2)cc1. The molecule has 5 rings (SSSR count). The van der Waals surface area contributed by atoms with E-state index in [2.05, 4.69) is 10.2 Å². The number of hydrogen-bond acceptors (Lipinski definition) is 6. The molecule has 0 bridgehead atoms. The van der Waals surface area contributed by atoms with Gasteiger partial charge in [0.25, 0.3) is 5.91 Å². The molecule has 0 unspecified atom stereocenters. The molecule has 36 heavy (non-hydrogen) atoms. The zero-order chi connectivity index (χ0) is 24.9. The Morgan fingerprint density at radius 3 is 2.53 bits per heavy atom. The molecule has 1 saturated heterocycles. The summed E-state index contributed by atoms with van der Waals surface area (Å²) in [5.41, 5.74) is 3.93. The van der Waals surface area contributed by atoms with E-state index in [0.717, 1.165) is 35.5 Å². The maximum atomic E-state index is 13.2. The van der Waals surface area contributed by atoms with E-state index >= 15 is 0 Å². The van der Waals surface area contributed by atoms with Crippen LogP contribution in [-0.2, 0) is 15.9 Å². The highest BCUT2D eigenvalue weighted by Gasteiger charge is 2.29. The highest BCUT2D eigenvalue weighted by atomic mass is 16.5. The standard InChI is InChI=1S/C29H30N2O5/c1-34-24-10-7-20(8-11-24)26(31-13-15-35-16-14-31)19-30-28(32)22-9-12-25-23(17-22)18-27(36-29(25)33)21-5-3-2-4-6-21/h2-12,17,26-27H,13-16,18-19H2,1H3,(H,30,32)/t26-,27+/m1/s1. The molecule has 7 nitrogen and oxygen atoms in total. The third kappa shape index (κ3) is 5.27. The fourth-order valence-electron chi connectivity index (χ4n) is 4.86. The lowest BCUT2D eigenvalue weighted by molar-refractivity contribution is 0.0162. The van der Waals surface area contributed by atoms with Gasteiger partial charge in [0.1, 0.15) is 11.9 Å². The zero-order valence-corrected chi connectivity index (χ0v) is 20.3. The number of ether oxygens (including phenoxy) is 3. The van der Waals surface area contributed by atoms with E-state index in [1.54, 1.807) is 19.2 Å². The van der Waals surface area contributed by atoms with Gasteiger partial charge in [0, 0.05) is 31.6 Å². The van der Waals surface area contributed by atoms with Crippen molar-refractivity contribution in [2.45, 2.75) is 18.6 Å². The van der Waals surface area contributed by atoms with Gasteiger partial charge >= 0.3 is 5.97 Å². The first kappa shape index (κ1) is 24.0. The topological polar surface area (TPSA) is 77.1 Å². The van der Waals surface area contributed by atoms with Crippen LogP contribution in [0.3, 0.4) is 0 Å². The van der Waals surface area contributed by atoms with E-state index in [4.69, 9.17) is 14.2 Å². The Labute approximate surface area is 211 Å². The number of benzene rings is 3. The predicted molar refractivity (Wildman–Crippen MR) is 135 cm³/mol. The van der Waals surface area contributed by atoms with Gasteiger partial charge < -0.3 is 19.5 Å². The Hall–Kier alpha value is -3.68. The summed E-state index contributed by atoms with van der Waals surface area (Å²) < 4.78 is 16.5. The molecule has 0 radical (unpaired) electrons. The van der Waals surface area contributed by atoms with Crippen LogP contribution in [-0.4, -0.2) is 56.7 Å². The van der Waals surface area contributed by atoms with Gasteiger partial charge in [-0.2, -0.15) is 0 Å². The number of carbonyl (C=O) groups excluding carboxylic acids is 2. The van der Waals surface area contributed by atoms with E-state index < -0.39 is 0 Å². The van der Waals surface area contributed by atoms with Gasteiger partial charge in [0.05, 0.1) is 31.9 Å². The van der Waals surface area contributed by atoms with Crippen molar-refractivity contribution in [2.24, 2.45) is 0 Å². The number of amides is 1. The molecule has 2 atom stereocenters. The number of morpholine rings is 1. The van der Waals surface area contributed by atoms with Gasteiger partial charge in [0.15, 0.2) is 0 Å². The third-order valence-electron chi connectivity index (χ3n) is 6.86. The molecule has 2 aliphatic heterocycles. The second kappa shape index (κ2) is 10.9. The zero-order valence-electron chi connectivity index (χ0n) is 20.3. The Morgan fingerprint density at radius 1 is 1.06 bits per heavy atom. The number of rotatable bonds is 7. The molecule has 3 aromatic carbocycles. The molecule has 2 heterocycles. The normalized spacial score (nSPS) is 18.6. The number of nitrogens with one attached hydrogen (secondary N) is 1. The van der Waals surface area contributed by atoms with Crippen molar-refractivity contribution in [1.82, 2.24) is 10.2 Å². The van der Waals surface area contributed by atoms with Gasteiger partial charge in [-0.3, -0.25) is 9.69 Å². The quantitative estimate of drug-likeness (QED) is 0.510. The van der Waals surface area contributed by atoms with Crippen molar-refractivity contribution in [3.63, 3.8) is 0 Å². The Balaban J connectivity index is 1.31. The van der Waals surface area contributed by atoms with Gasteiger partial charge in [-0.05, 0) is 47.0 Å². The van der Waals surface area contributed by atoms with E-state index in [9.17, 15) is 9.59 Å². The third-order valence-corrected chi connectivity index (χ3v) is 6.86. The average molecular weight is 487 g/mol. The summed E-state index contributed by atoms with van der Waals surface area (Å²) in [6.07, 6.45) is 0.180. The molecule has 0 aliphatic carbocycles. The van der Waals surface area contributed by atoms with Crippen molar-refractivity contribution in [1.29, 1.82) is 0 Å². The molecule has 1 fully saturated rings. The molecule has 2 aliphatic rings. The van der Waals surface area contributed by atoms with Crippen molar-refractivity contribution < 1.29 is 23.8 Å². The monoisotopic (exact) mass is 486 g/mol. The average Bonchev–Trinajstić information content (AvgIpc) is 2.94. The van der Waals surface area contributed by atoms with Gasteiger partial charge in [-0.15, -0.1) is 0 Å². The number of fused-ring (bicyclic) bond motifs is 1. The largest absolute Gasteiger partial charge is 0.497 e. The maximum absolute atomic E-state index is 13.2. The molecule has 0 spiro atoms. The molecular formula is C29H30N2O5. The second-order valence-electron chi connectivity index (χ2n) is 9.03. The summed E-state index contributed by atoms with van der Waals surface area (Å²) in [7, 11) is 1.65. The first-order valence-electron chi connectivity index (χ1n) is 12.2. The van der Waals surface area contributed by atoms with Crippen LogP contribution >= 0.6 is 0 Å². The fraction of sp³-hybridized carbons (Fsp3) is 0.310. The van der Waals surface area contributed by atoms with Crippen molar-refractivity contribution >= 4 is 11.9 Å². The van der Waals surface area contributed by atoms with Gasteiger partial charge in [-0.25, -0.2) is 4.79 Å². The first-order valence-corrected chi connectivity index (χ1v) is 12.2. The van der Waals surface area contributed by atoms with Crippen LogP contribution in [0.15, 0.2) is 72.8 Å². The minimum atomic E-state index is -0.357. The number of hydrogen-bond donors (Lipinski definition) is 1. The number of cyclic esters (lactones) is 1. The molecular weight excluding hydrogens is 456 g/mol. The maximum Gasteiger partial charge on any atom is 0.339 e. The number of nitrogens with zero attached hydrogens (tertiary/aromatic N) is 1.